The van der Waals surface area contributed by atoms with Crippen molar-refractivity contribution < 1.29 is 23.8 Å². The molecule has 0 unspecified atom stereocenters. The first-order chi connectivity index (χ1) is 19.6. The van der Waals surface area contributed by atoms with Gasteiger partial charge in [-0.25, -0.2) is 14.2 Å². The maximum absolute atomic E-state index is 15.3. The van der Waals surface area contributed by atoms with Gasteiger partial charge in [0.25, 0.3) is 5.91 Å². The van der Waals surface area contributed by atoms with E-state index >= 15 is 4.39 Å². The van der Waals surface area contributed by atoms with Crippen LogP contribution in [0.25, 0.3) is 22.4 Å². The van der Waals surface area contributed by atoms with E-state index in [4.69, 9.17) is 21.3 Å². The molecule has 9 heteroatoms. The van der Waals surface area contributed by atoms with Crippen LogP contribution in [0.15, 0.2) is 48.5 Å². The van der Waals surface area contributed by atoms with E-state index in [-0.39, 0.29) is 5.69 Å². The van der Waals surface area contributed by atoms with Gasteiger partial charge in [-0.1, -0.05) is 56.0 Å². The molecular formula is C32H37ClFN3O4. The number of nitrogens with one attached hydrogen (secondary N) is 1. The molecule has 1 heterocycles. The molecule has 1 saturated carbocycles. The molecule has 1 aromatic heterocycles. The van der Waals surface area contributed by atoms with Gasteiger partial charge in [0.1, 0.15) is 22.8 Å². The predicted molar refractivity (Wildman–Crippen MR) is 159 cm³/mol. The van der Waals surface area contributed by atoms with E-state index in [2.05, 4.69) is 10.2 Å². The molecule has 0 spiro atoms. The maximum atomic E-state index is 15.3. The zero-order chi connectivity index (χ0) is 29.6. The zero-order valence-electron chi connectivity index (χ0n) is 23.8. The average molecular weight is 582 g/mol. The highest BCUT2D eigenvalue weighted by Crippen LogP contribution is 2.38. The summed E-state index contributed by atoms with van der Waals surface area (Å²) in [6.45, 7) is 3.25. The first-order valence-corrected chi connectivity index (χ1v) is 14.4. The van der Waals surface area contributed by atoms with E-state index in [0.29, 0.717) is 59.0 Å². The number of carbonyl (C=O) groups excluding carboxylic acids is 1. The van der Waals surface area contributed by atoms with Crippen LogP contribution in [0.4, 0.5) is 4.39 Å². The van der Waals surface area contributed by atoms with Gasteiger partial charge in [0.15, 0.2) is 0 Å². The number of rotatable bonds is 11. The number of ether oxygens (including phenoxy) is 1. The minimum Gasteiger partial charge on any atom is -0.492 e. The quantitative estimate of drug-likeness (QED) is 0.247. The molecular weight excluding hydrogens is 545 g/mol. The first-order valence-electron chi connectivity index (χ1n) is 14.1. The molecule has 0 radical (unpaired) electrons. The Labute approximate surface area is 245 Å². The fraction of sp³-hybridized carbons (Fsp3) is 0.406. The lowest BCUT2D eigenvalue weighted by Crippen LogP contribution is -2.55. The van der Waals surface area contributed by atoms with E-state index in [9.17, 15) is 14.7 Å². The van der Waals surface area contributed by atoms with Gasteiger partial charge < -0.3 is 20.1 Å². The number of carboxylic acids is 1. The molecule has 1 aliphatic carbocycles. The summed E-state index contributed by atoms with van der Waals surface area (Å²) in [4.78, 5) is 32.4. The van der Waals surface area contributed by atoms with Gasteiger partial charge in [-0.2, -0.15) is 0 Å². The summed E-state index contributed by atoms with van der Waals surface area (Å²) in [7, 11) is 3.98. The van der Waals surface area contributed by atoms with Crippen LogP contribution < -0.4 is 10.1 Å². The average Bonchev–Trinajstić information content (AvgIpc) is 2.96. The minimum absolute atomic E-state index is 0.0488. The number of hydrogen-bond acceptors (Lipinski definition) is 5. The third-order valence-electron chi connectivity index (χ3n) is 7.56. The van der Waals surface area contributed by atoms with Crippen LogP contribution in [0.5, 0.6) is 5.75 Å². The van der Waals surface area contributed by atoms with Crippen molar-refractivity contribution in [2.24, 2.45) is 0 Å². The Balaban J connectivity index is 1.78. The highest BCUT2D eigenvalue weighted by Gasteiger charge is 2.41. The number of aryl methyl sites for hydroxylation is 1. The lowest BCUT2D eigenvalue weighted by Gasteiger charge is -2.33. The molecule has 2 N–H and O–H groups in total. The van der Waals surface area contributed by atoms with Crippen molar-refractivity contribution in [3.05, 3.63) is 70.6 Å². The Hall–Kier alpha value is -3.49. The molecule has 2 aromatic carbocycles. The summed E-state index contributed by atoms with van der Waals surface area (Å²) >= 11 is 6.45. The van der Waals surface area contributed by atoms with Gasteiger partial charge in [0.2, 0.25) is 0 Å². The Kier molecular flexibility index (Phi) is 9.99. The zero-order valence-corrected chi connectivity index (χ0v) is 24.6. The number of aromatic nitrogens is 1. The molecule has 1 aliphatic rings. The molecule has 0 saturated heterocycles. The predicted octanol–water partition coefficient (Wildman–Crippen LogP) is 6.62. The van der Waals surface area contributed by atoms with Gasteiger partial charge in [-0.15, -0.1) is 0 Å². The molecule has 218 valence electrons. The van der Waals surface area contributed by atoms with Gasteiger partial charge in [-0.3, -0.25) is 4.79 Å². The van der Waals surface area contributed by atoms with E-state index in [1.807, 2.05) is 27.1 Å². The normalized spacial score (nSPS) is 14.6. The van der Waals surface area contributed by atoms with Gasteiger partial charge in [0.05, 0.1) is 17.3 Å². The highest BCUT2D eigenvalue weighted by atomic mass is 35.5. The van der Waals surface area contributed by atoms with Crippen molar-refractivity contribution in [3.8, 4) is 28.1 Å². The number of pyridine rings is 1. The number of hydrogen-bond donors (Lipinski definition) is 2. The van der Waals surface area contributed by atoms with Crippen molar-refractivity contribution in [1.29, 1.82) is 0 Å². The van der Waals surface area contributed by atoms with Crippen LogP contribution in [-0.4, -0.2) is 59.7 Å². The monoisotopic (exact) mass is 581 g/mol. The van der Waals surface area contributed by atoms with Crippen LogP contribution in [0, 0.1) is 5.82 Å². The number of amides is 1. The van der Waals surface area contributed by atoms with E-state index in [1.165, 1.54) is 12.1 Å². The fourth-order valence-corrected chi connectivity index (χ4v) is 5.50. The maximum Gasteiger partial charge on any atom is 0.329 e. The fourth-order valence-electron chi connectivity index (χ4n) is 5.33. The minimum atomic E-state index is -1.33. The molecule has 7 nitrogen and oxygen atoms in total. The molecule has 0 aliphatic heterocycles. The second-order valence-electron chi connectivity index (χ2n) is 10.8. The number of carboxylic acid groups (broad SMARTS) is 1. The number of nitrogens with zero attached hydrogens (tertiary/aromatic N) is 2. The summed E-state index contributed by atoms with van der Waals surface area (Å²) in [6.07, 6.45) is 4.49. The molecule has 4 rings (SSSR count). The number of benzene rings is 2. The second kappa shape index (κ2) is 13.4. The van der Waals surface area contributed by atoms with Crippen molar-refractivity contribution >= 4 is 23.5 Å². The van der Waals surface area contributed by atoms with Gasteiger partial charge in [-0.05, 0) is 75.7 Å². The third-order valence-corrected chi connectivity index (χ3v) is 7.87. The smallest absolute Gasteiger partial charge is 0.329 e. The summed E-state index contributed by atoms with van der Waals surface area (Å²) in [6, 6.07) is 13.3. The van der Waals surface area contributed by atoms with Crippen LogP contribution in [0.1, 0.15) is 61.5 Å². The molecule has 41 heavy (non-hydrogen) atoms. The first kappa shape index (κ1) is 30.5. The van der Waals surface area contributed by atoms with E-state index in [0.717, 1.165) is 37.8 Å². The Morgan fingerprint density at radius 1 is 1.12 bits per heavy atom. The summed E-state index contributed by atoms with van der Waals surface area (Å²) in [5.41, 5.74) is 1.41. The van der Waals surface area contributed by atoms with Gasteiger partial charge >= 0.3 is 5.97 Å². The summed E-state index contributed by atoms with van der Waals surface area (Å²) in [5, 5.41) is 13.2. The number of carbonyl (C=O) groups is 2. The summed E-state index contributed by atoms with van der Waals surface area (Å²) in [5.74, 6) is -1.57. The van der Waals surface area contributed by atoms with Crippen LogP contribution >= 0.6 is 11.6 Å². The van der Waals surface area contributed by atoms with Crippen LogP contribution in [-0.2, 0) is 11.2 Å². The Morgan fingerprint density at radius 2 is 1.88 bits per heavy atom. The topological polar surface area (TPSA) is 91.8 Å². The van der Waals surface area contributed by atoms with Crippen molar-refractivity contribution in [2.75, 3.05) is 27.2 Å². The highest BCUT2D eigenvalue weighted by molar-refractivity contribution is 6.32. The van der Waals surface area contributed by atoms with Crippen molar-refractivity contribution in [1.82, 2.24) is 15.2 Å². The lowest BCUT2D eigenvalue weighted by atomic mass is 9.81. The van der Waals surface area contributed by atoms with E-state index in [1.54, 1.807) is 30.3 Å². The second-order valence-corrected chi connectivity index (χ2v) is 11.2. The number of halogens is 2. The third kappa shape index (κ3) is 7.05. The largest absolute Gasteiger partial charge is 0.492 e. The number of aliphatic carboxylic acids is 1. The Morgan fingerprint density at radius 3 is 2.56 bits per heavy atom. The van der Waals surface area contributed by atoms with E-state index < -0.39 is 23.2 Å². The van der Waals surface area contributed by atoms with Crippen LogP contribution in [0.2, 0.25) is 5.02 Å². The molecule has 1 fully saturated rings. The molecule has 0 atom stereocenters. The Bertz CT molecular complexity index is 1410. The van der Waals surface area contributed by atoms with Crippen molar-refractivity contribution in [3.63, 3.8) is 0 Å². The lowest BCUT2D eigenvalue weighted by molar-refractivity contribution is -0.145. The van der Waals surface area contributed by atoms with Crippen molar-refractivity contribution in [2.45, 2.75) is 57.4 Å². The standard InChI is InChI=1S/C32H37ClFN3O4/c1-4-21-10-8-11-25(34)28(21)23-13-15-26(30(38)36-32(31(39)40)16-6-5-7-17-32)35-29(23)22-12-14-24(33)27(20-22)41-19-9-18-37(2)3/h8,10-15,20H,4-7,9,16-19H2,1-3H3,(H,36,38)(H,39,40). The van der Waals surface area contributed by atoms with Gasteiger partial charge in [0, 0.05) is 23.2 Å². The molecule has 0 bridgehead atoms. The summed E-state index contributed by atoms with van der Waals surface area (Å²) < 4.78 is 21.3. The molecule has 1 amide bonds. The molecule has 3 aromatic rings. The SMILES string of the molecule is CCc1cccc(F)c1-c1ccc(C(=O)NC2(C(=O)O)CCCCC2)nc1-c1ccc(Cl)c(OCCCN(C)C)c1. The van der Waals surface area contributed by atoms with Crippen LogP contribution in [0.3, 0.4) is 0 Å².